The van der Waals surface area contributed by atoms with Crippen LogP contribution in [-0.4, -0.2) is 13.1 Å². The Bertz CT molecular complexity index is 780. The smallest absolute Gasteiger partial charge is 0.333 e. The van der Waals surface area contributed by atoms with Crippen molar-refractivity contribution >= 4 is 22.5 Å². The molecule has 0 fully saturated rings. The van der Waals surface area contributed by atoms with E-state index in [1.165, 1.54) is 0 Å². The van der Waals surface area contributed by atoms with Gasteiger partial charge < -0.3 is 13.9 Å². The van der Waals surface area contributed by atoms with Crippen LogP contribution in [0.1, 0.15) is 45.1 Å². The standard InChI is InChI=1S/C19H22O4/c1-7-12(4)19(20)22-13(5)14-8-9-16-15(10-14)18(21-6)17(23-16)11(2)3/h7-10,13H,2H2,1,3-6H3/t13-/m0/s1. The van der Waals surface area contributed by atoms with Crippen molar-refractivity contribution in [2.24, 2.45) is 0 Å². The molecule has 0 N–H and O–H groups in total. The Hall–Kier alpha value is -2.49. The van der Waals surface area contributed by atoms with Crippen LogP contribution in [-0.2, 0) is 9.53 Å². The third-order valence-electron chi connectivity index (χ3n) is 3.77. The van der Waals surface area contributed by atoms with Crippen LogP contribution < -0.4 is 4.74 Å². The number of allylic oxidation sites excluding steroid dienone is 2. The summed E-state index contributed by atoms with van der Waals surface area (Å²) >= 11 is 0. The Morgan fingerprint density at radius 1 is 1.35 bits per heavy atom. The Kier molecular flexibility index (Phi) is 4.94. The van der Waals surface area contributed by atoms with Crippen molar-refractivity contribution in [2.75, 3.05) is 7.11 Å². The van der Waals surface area contributed by atoms with E-state index in [9.17, 15) is 4.79 Å². The van der Waals surface area contributed by atoms with Gasteiger partial charge in [0.25, 0.3) is 0 Å². The zero-order valence-electron chi connectivity index (χ0n) is 14.2. The summed E-state index contributed by atoms with van der Waals surface area (Å²) in [7, 11) is 1.60. The summed E-state index contributed by atoms with van der Waals surface area (Å²) in [5.74, 6) is 0.966. The lowest BCUT2D eigenvalue weighted by atomic mass is 10.1. The highest BCUT2D eigenvalue weighted by molar-refractivity contribution is 5.90. The maximum atomic E-state index is 11.9. The summed E-state index contributed by atoms with van der Waals surface area (Å²) in [5, 5.41) is 0.841. The third kappa shape index (κ3) is 3.31. The zero-order chi connectivity index (χ0) is 17.1. The van der Waals surface area contributed by atoms with Gasteiger partial charge in [-0.2, -0.15) is 0 Å². The van der Waals surface area contributed by atoms with Crippen LogP contribution in [0.25, 0.3) is 16.5 Å². The van der Waals surface area contributed by atoms with Gasteiger partial charge in [-0.05, 0) is 51.0 Å². The minimum absolute atomic E-state index is 0.318. The maximum absolute atomic E-state index is 11.9. The molecule has 1 aromatic heterocycles. The van der Waals surface area contributed by atoms with Gasteiger partial charge >= 0.3 is 5.97 Å². The van der Waals surface area contributed by atoms with Crippen LogP contribution in [0.15, 0.2) is 40.8 Å². The molecule has 0 saturated heterocycles. The monoisotopic (exact) mass is 314 g/mol. The molecule has 1 atom stereocenters. The number of carbonyl (C=O) groups is 1. The number of carbonyl (C=O) groups excluding carboxylic acids is 1. The molecule has 0 bridgehead atoms. The number of esters is 1. The fourth-order valence-electron chi connectivity index (χ4n) is 2.27. The Morgan fingerprint density at radius 3 is 2.61 bits per heavy atom. The topological polar surface area (TPSA) is 48.7 Å². The number of furan rings is 1. The first-order valence-electron chi connectivity index (χ1n) is 7.49. The summed E-state index contributed by atoms with van der Waals surface area (Å²) in [6.07, 6.45) is 1.37. The summed E-state index contributed by atoms with van der Waals surface area (Å²) in [6, 6.07) is 5.66. The van der Waals surface area contributed by atoms with Crippen molar-refractivity contribution in [3.8, 4) is 5.75 Å². The molecule has 0 amide bonds. The molecule has 1 heterocycles. The Morgan fingerprint density at radius 2 is 2.04 bits per heavy atom. The third-order valence-corrected chi connectivity index (χ3v) is 3.77. The number of hydrogen-bond acceptors (Lipinski definition) is 4. The molecular weight excluding hydrogens is 292 g/mol. The molecular formula is C19H22O4. The van der Waals surface area contributed by atoms with E-state index in [4.69, 9.17) is 13.9 Å². The van der Waals surface area contributed by atoms with E-state index in [-0.39, 0.29) is 12.1 Å². The molecule has 0 aliphatic rings. The number of rotatable bonds is 5. The molecule has 0 aliphatic heterocycles. The number of fused-ring (bicyclic) bond motifs is 1. The summed E-state index contributed by atoms with van der Waals surface area (Å²) in [4.78, 5) is 11.9. The van der Waals surface area contributed by atoms with Gasteiger partial charge in [0, 0.05) is 5.57 Å². The van der Waals surface area contributed by atoms with Crippen molar-refractivity contribution in [1.82, 2.24) is 0 Å². The highest BCUT2D eigenvalue weighted by atomic mass is 16.5. The number of benzene rings is 1. The van der Waals surface area contributed by atoms with E-state index in [1.807, 2.05) is 39.0 Å². The largest absolute Gasteiger partial charge is 0.492 e. The van der Waals surface area contributed by atoms with E-state index in [0.29, 0.717) is 22.7 Å². The molecule has 0 unspecified atom stereocenters. The Balaban J connectivity index is 2.39. The molecule has 23 heavy (non-hydrogen) atoms. The number of ether oxygens (including phenoxy) is 2. The molecule has 0 spiro atoms. The van der Waals surface area contributed by atoms with Gasteiger partial charge in [-0.3, -0.25) is 0 Å². The minimum Gasteiger partial charge on any atom is -0.492 e. The van der Waals surface area contributed by atoms with Crippen molar-refractivity contribution < 1.29 is 18.7 Å². The molecule has 2 rings (SSSR count). The van der Waals surface area contributed by atoms with Crippen molar-refractivity contribution in [3.63, 3.8) is 0 Å². The van der Waals surface area contributed by atoms with Gasteiger partial charge in [0.2, 0.25) is 0 Å². The SMILES string of the molecule is C=C(C)c1oc2ccc([C@H](C)OC(=O)C(C)=CC)cc2c1OC. The molecule has 0 saturated carbocycles. The van der Waals surface area contributed by atoms with Crippen molar-refractivity contribution in [3.05, 3.63) is 47.8 Å². The van der Waals surface area contributed by atoms with Crippen LogP contribution in [0.4, 0.5) is 0 Å². The normalized spacial score (nSPS) is 13.0. The summed E-state index contributed by atoms with van der Waals surface area (Å²) in [6.45, 7) is 11.2. The quantitative estimate of drug-likeness (QED) is 0.572. The van der Waals surface area contributed by atoms with Gasteiger partial charge in [-0.1, -0.05) is 18.7 Å². The number of hydrogen-bond donors (Lipinski definition) is 0. The Labute approximate surface area is 136 Å². The molecule has 4 heteroatoms. The number of methoxy groups -OCH3 is 1. The molecule has 0 aliphatic carbocycles. The first kappa shape index (κ1) is 16.9. The van der Waals surface area contributed by atoms with Crippen LogP contribution in [0.5, 0.6) is 5.75 Å². The van der Waals surface area contributed by atoms with E-state index >= 15 is 0 Å². The highest BCUT2D eigenvalue weighted by Gasteiger charge is 2.19. The van der Waals surface area contributed by atoms with Crippen LogP contribution in [0, 0.1) is 0 Å². The fraction of sp³-hybridized carbons (Fsp3) is 0.316. The van der Waals surface area contributed by atoms with Gasteiger partial charge in [-0.15, -0.1) is 0 Å². The lowest BCUT2D eigenvalue weighted by Gasteiger charge is -2.14. The average molecular weight is 314 g/mol. The van der Waals surface area contributed by atoms with Crippen LogP contribution >= 0.6 is 0 Å². The molecule has 0 radical (unpaired) electrons. The molecule has 2 aromatic rings. The molecule has 4 nitrogen and oxygen atoms in total. The molecule has 1 aromatic carbocycles. The second-order valence-corrected chi connectivity index (χ2v) is 5.52. The van der Waals surface area contributed by atoms with E-state index in [0.717, 1.165) is 16.5 Å². The fourth-order valence-corrected chi connectivity index (χ4v) is 2.27. The van der Waals surface area contributed by atoms with Gasteiger partial charge in [0.15, 0.2) is 11.5 Å². The van der Waals surface area contributed by atoms with E-state index in [1.54, 1.807) is 20.1 Å². The van der Waals surface area contributed by atoms with Gasteiger partial charge in [-0.25, -0.2) is 4.79 Å². The van der Waals surface area contributed by atoms with Crippen LogP contribution in [0.2, 0.25) is 0 Å². The lowest BCUT2D eigenvalue weighted by molar-refractivity contribution is -0.143. The highest BCUT2D eigenvalue weighted by Crippen LogP contribution is 2.38. The zero-order valence-corrected chi connectivity index (χ0v) is 14.2. The van der Waals surface area contributed by atoms with Crippen molar-refractivity contribution in [1.29, 1.82) is 0 Å². The van der Waals surface area contributed by atoms with Gasteiger partial charge in [0.1, 0.15) is 11.7 Å². The van der Waals surface area contributed by atoms with Crippen LogP contribution in [0.3, 0.4) is 0 Å². The summed E-state index contributed by atoms with van der Waals surface area (Å²) < 4.78 is 16.7. The summed E-state index contributed by atoms with van der Waals surface area (Å²) in [5.41, 5.74) is 2.97. The predicted octanol–water partition coefficient (Wildman–Crippen LogP) is 5.04. The van der Waals surface area contributed by atoms with E-state index < -0.39 is 0 Å². The minimum atomic E-state index is -0.366. The predicted molar refractivity (Wildman–Crippen MR) is 91.4 cm³/mol. The maximum Gasteiger partial charge on any atom is 0.333 e. The lowest BCUT2D eigenvalue weighted by Crippen LogP contribution is -2.09. The van der Waals surface area contributed by atoms with Gasteiger partial charge in [0.05, 0.1) is 12.5 Å². The second-order valence-electron chi connectivity index (χ2n) is 5.52. The first-order valence-corrected chi connectivity index (χ1v) is 7.49. The molecule has 122 valence electrons. The first-order chi connectivity index (χ1) is 10.9. The average Bonchev–Trinajstić information content (AvgIpc) is 2.91. The van der Waals surface area contributed by atoms with E-state index in [2.05, 4.69) is 6.58 Å². The van der Waals surface area contributed by atoms with Crippen molar-refractivity contribution in [2.45, 2.75) is 33.8 Å². The second kappa shape index (κ2) is 6.73.